The molecule has 2 heterocycles. The number of aliphatic imine (C=N–C) groups is 2. The van der Waals surface area contributed by atoms with Gasteiger partial charge in [0.25, 0.3) is 5.91 Å². The smallest absolute Gasteiger partial charge is 0.259 e. The van der Waals surface area contributed by atoms with Gasteiger partial charge >= 0.3 is 0 Å². The van der Waals surface area contributed by atoms with Crippen molar-refractivity contribution < 1.29 is 14.3 Å². The van der Waals surface area contributed by atoms with E-state index in [0.29, 0.717) is 34.8 Å². The normalized spacial score (nSPS) is 17.1. The summed E-state index contributed by atoms with van der Waals surface area (Å²) in [5, 5.41) is 3.33. The molecule has 2 aliphatic heterocycles. The monoisotopic (exact) mass is 436 g/mol. The van der Waals surface area contributed by atoms with Gasteiger partial charge in [-0.05, 0) is 36.6 Å². The Labute approximate surface area is 185 Å². The Morgan fingerprint density at radius 3 is 2.71 bits per heavy atom. The van der Waals surface area contributed by atoms with Gasteiger partial charge in [-0.15, -0.1) is 0 Å². The van der Waals surface area contributed by atoms with Gasteiger partial charge in [-0.25, -0.2) is 9.89 Å². The molecule has 0 bridgehead atoms. The zero-order valence-electron chi connectivity index (χ0n) is 17.7. The maximum Gasteiger partial charge on any atom is 0.259 e. The first kappa shape index (κ1) is 21.1. The number of hydrogen-bond donors (Lipinski definition) is 1. The number of para-hydroxylation sites is 3. The Morgan fingerprint density at radius 1 is 1.19 bits per heavy atom. The molecule has 0 aromatic heterocycles. The average Bonchev–Trinajstić information content (AvgIpc) is 3.08. The second kappa shape index (κ2) is 8.93. The molecule has 0 fully saturated rings. The predicted molar refractivity (Wildman–Crippen MR) is 124 cm³/mol. The fourth-order valence-electron chi connectivity index (χ4n) is 3.56. The van der Waals surface area contributed by atoms with Crippen LogP contribution >= 0.6 is 11.8 Å². The quantitative estimate of drug-likeness (QED) is 0.740. The van der Waals surface area contributed by atoms with Gasteiger partial charge in [0, 0.05) is 5.56 Å². The Morgan fingerprint density at radius 2 is 1.94 bits per heavy atom. The second-order valence-electron chi connectivity index (χ2n) is 7.72. The molecule has 0 saturated heterocycles. The summed E-state index contributed by atoms with van der Waals surface area (Å²) in [4.78, 5) is 36.6. The molecule has 7 nitrogen and oxygen atoms in total. The van der Waals surface area contributed by atoms with Crippen LogP contribution in [0, 0.1) is 5.92 Å². The first-order valence-corrected chi connectivity index (χ1v) is 11.1. The van der Waals surface area contributed by atoms with E-state index in [1.165, 1.54) is 11.8 Å². The molecule has 2 aromatic rings. The molecule has 31 heavy (non-hydrogen) atoms. The van der Waals surface area contributed by atoms with E-state index in [1.54, 1.807) is 24.1 Å². The topological polar surface area (TPSA) is 83.4 Å². The van der Waals surface area contributed by atoms with Crippen LogP contribution in [0.25, 0.3) is 0 Å². The first-order chi connectivity index (χ1) is 15.0. The van der Waals surface area contributed by atoms with E-state index in [2.05, 4.69) is 24.2 Å². The summed E-state index contributed by atoms with van der Waals surface area (Å²) in [7, 11) is 1.56. The van der Waals surface area contributed by atoms with Gasteiger partial charge in [-0.2, -0.15) is 0 Å². The highest BCUT2D eigenvalue weighted by molar-refractivity contribution is 8.14. The van der Waals surface area contributed by atoms with Crippen molar-refractivity contribution in [1.29, 1.82) is 0 Å². The Bertz CT molecular complexity index is 1080. The van der Waals surface area contributed by atoms with Gasteiger partial charge in [0.05, 0.1) is 24.2 Å². The molecule has 1 atom stereocenters. The van der Waals surface area contributed by atoms with E-state index in [4.69, 9.17) is 9.73 Å². The number of thioether (sulfide) groups is 1. The maximum atomic E-state index is 13.1. The second-order valence-corrected chi connectivity index (χ2v) is 8.66. The molecule has 2 aromatic carbocycles. The standard InChI is InChI=1S/C23H24N4O3S/c1-14(2)12-18-22(29)27-21(25-18)15-8-4-5-9-16(15)26-23(27)31-13-20(28)24-17-10-6-7-11-19(17)30-3/h4-11,14,18H,12-13H2,1-3H3,(H,24,28)/t18-/m0/s1. The minimum absolute atomic E-state index is 0.0883. The highest BCUT2D eigenvalue weighted by Gasteiger charge is 2.41. The lowest BCUT2D eigenvalue weighted by molar-refractivity contribution is -0.125. The van der Waals surface area contributed by atoms with Crippen LogP contribution in [0.4, 0.5) is 11.4 Å². The summed E-state index contributed by atoms with van der Waals surface area (Å²) in [6.45, 7) is 4.15. The highest BCUT2D eigenvalue weighted by Crippen LogP contribution is 2.34. The van der Waals surface area contributed by atoms with E-state index in [0.717, 1.165) is 11.3 Å². The Kier molecular flexibility index (Phi) is 6.08. The molecular formula is C23H24N4O3S. The molecule has 2 amide bonds. The number of carbonyl (C=O) groups is 2. The number of benzene rings is 2. The molecule has 4 rings (SSSR count). The Balaban J connectivity index is 1.54. The van der Waals surface area contributed by atoms with Crippen LogP contribution in [-0.4, -0.2) is 46.6 Å². The van der Waals surface area contributed by atoms with E-state index in [-0.39, 0.29) is 17.6 Å². The summed E-state index contributed by atoms with van der Waals surface area (Å²) < 4.78 is 5.28. The molecule has 160 valence electrons. The van der Waals surface area contributed by atoms with E-state index >= 15 is 0 Å². The molecule has 8 heteroatoms. The molecule has 0 unspecified atom stereocenters. The van der Waals surface area contributed by atoms with Crippen molar-refractivity contribution in [2.75, 3.05) is 18.2 Å². The van der Waals surface area contributed by atoms with Crippen LogP contribution in [0.15, 0.2) is 58.5 Å². The van der Waals surface area contributed by atoms with Crippen LogP contribution in [0.1, 0.15) is 25.8 Å². The van der Waals surface area contributed by atoms with Crippen molar-refractivity contribution >= 4 is 46.0 Å². The minimum Gasteiger partial charge on any atom is -0.495 e. The Hall–Kier alpha value is -3.13. The van der Waals surface area contributed by atoms with Gasteiger partial charge in [-0.3, -0.25) is 14.6 Å². The number of methoxy groups -OCH3 is 1. The fraction of sp³-hybridized carbons (Fsp3) is 0.304. The molecule has 0 spiro atoms. The highest BCUT2D eigenvalue weighted by atomic mass is 32.2. The van der Waals surface area contributed by atoms with Crippen molar-refractivity contribution in [2.45, 2.75) is 26.3 Å². The number of carbonyl (C=O) groups excluding carboxylic acids is 2. The fourth-order valence-corrected chi connectivity index (χ4v) is 4.36. The molecule has 2 aliphatic rings. The van der Waals surface area contributed by atoms with Crippen LogP contribution in [0.2, 0.25) is 0 Å². The van der Waals surface area contributed by atoms with E-state index < -0.39 is 6.04 Å². The molecule has 1 N–H and O–H groups in total. The SMILES string of the molecule is COc1ccccc1NC(=O)CSC1=Nc2ccccc2C2=N[C@@H](CC(C)C)C(=O)N12. The average molecular weight is 437 g/mol. The number of ether oxygens (including phenoxy) is 1. The molecule has 0 radical (unpaired) electrons. The lowest BCUT2D eigenvalue weighted by Gasteiger charge is -2.25. The van der Waals surface area contributed by atoms with E-state index in [1.807, 2.05) is 36.4 Å². The third-order valence-electron chi connectivity index (χ3n) is 4.96. The van der Waals surface area contributed by atoms with Gasteiger partial charge in [0.1, 0.15) is 17.6 Å². The van der Waals surface area contributed by atoms with Crippen LogP contribution < -0.4 is 10.1 Å². The first-order valence-electron chi connectivity index (χ1n) is 10.1. The van der Waals surface area contributed by atoms with Crippen molar-refractivity contribution in [1.82, 2.24) is 4.90 Å². The van der Waals surface area contributed by atoms with Crippen molar-refractivity contribution in [3.8, 4) is 5.75 Å². The predicted octanol–water partition coefficient (Wildman–Crippen LogP) is 4.07. The van der Waals surface area contributed by atoms with Crippen LogP contribution in [0.3, 0.4) is 0 Å². The minimum atomic E-state index is -0.422. The molecule has 0 aliphatic carbocycles. The third kappa shape index (κ3) is 4.34. The summed E-state index contributed by atoms with van der Waals surface area (Å²) in [6, 6.07) is 14.4. The number of anilines is 1. The van der Waals surface area contributed by atoms with Gasteiger partial charge in [0.15, 0.2) is 5.17 Å². The maximum absolute atomic E-state index is 13.1. The van der Waals surface area contributed by atoms with Crippen molar-refractivity contribution in [2.24, 2.45) is 15.9 Å². The summed E-state index contributed by atoms with van der Waals surface area (Å²) in [5.41, 5.74) is 2.19. The summed E-state index contributed by atoms with van der Waals surface area (Å²) in [5.74, 6) is 1.36. The third-order valence-corrected chi connectivity index (χ3v) is 5.89. The number of hydrogen-bond acceptors (Lipinski definition) is 6. The summed E-state index contributed by atoms with van der Waals surface area (Å²) >= 11 is 1.22. The van der Waals surface area contributed by atoms with Gasteiger partial charge < -0.3 is 10.1 Å². The lowest BCUT2D eigenvalue weighted by atomic mass is 10.0. The zero-order chi connectivity index (χ0) is 22.0. The summed E-state index contributed by atoms with van der Waals surface area (Å²) in [6.07, 6.45) is 0.674. The number of rotatable bonds is 6. The number of fused-ring (bicyclic) bond motifs is 3. The van der Waals surface area contributed by atoms with Gasteiger partial charge in [-0.1, -0.05) is 49.9 Å². The number of nitrogens with one attached hydrogen (secondary N) is 1. The van der Waals surface area contributed by atoms with Crippen LogP contribution in [-0.2, 0) is 9.59 Å². The number of amidine groups is 2. The molecular weight excluding hydrogens is 412 g/mol. The van der Waals surface area contributed by atoms with Crippen LogP contribution in [0.5, 0.6) is 5.75 Å². The number of amides is 2. The van der Waals surface area contributed by atoms with E-state index in [9.17, 15) is 9.59 Å². The largest absolute Gasteiger partial charge is 0.495 e. The lowest BCUT2D eigenvalue weighted by Crippen LogP contribution is -2.41. The van der Waals surface area contributed by atoms with Crippen molar-refractivity contribution in [3.05, 3.63) is 54.1 Å². The molecule has 0 saturated carbocycles. The van der Waals surface area contributed by atoms with Crippen molar-refractivity contribution in [3.63, 3.8) is 0 Å². The van der Waals surface area contributed by atoms with Gasteiger partial charge in [0.2, 0.25) is 5.91 Å². The number of nitrogens with zero attached hydrogens (tertiary/aromatic N) is 3. The zero-order valence-corrected chi connectivity index (χ0v) is 18.5.